The molecule has 1 amide bonds. The van der Waals surface area contributed by atoms with Crippen molar-refractivity contribution in [1.29, 1.82) is 0 Å². The Labute approximate surface area is 175 Å². The van der Waals surface area contributed by atoms with Gasteiger partial charge >= 0.3 is 5.97 Å². The summed E-state index contributed by atoms with van der Waals surface area (Å²) in [6, 6.07) is 5.32. The molecule has 1 aromatic carbocycles. The van der Waals surface area contributed by atoms with Gasteiger partial charge in [0.2, 0.25) is 10.0 Å². The maximum absolute atomic E-state index is 12.3. The van der Waals surface area contributed by atoms with E-state index in [-0.39, 0.29) is 45.9 Å². The van der Waals surface area contributed by atoms with Crippen LogP contribution in [0.2, 0.25) is 0 Å². The lowest BCUT2D eigenvalue weighted by atomic mass is 10.1. The lowest BCUT2D eigenvalue weighted by molar-refractivity contribution is -0.143. The van der Waals surface area contributed by atoms with Crippen molar-refractivity contribution < 1.29 is 33.0 Å². The van der Waals surface area contributed by atoms with E-state index in [1.54, 1.807) is 29.2 Å². The molecule has 30 heavy (non-hydrogen) atoms. The van der Waals surface area contributed by atoms with Crippen molar-refractivity contribution in [1.82, 2.24) is 14.5 Å². The molecule has 0 saturated carbocycles. The minimum absolute atomic E-state index is 0.109. The van der Waals surface area contributed by atoms with E-state index >= 15 is 0 Å². The fraction of sp³-hybridized carbons (Fsp3) is 0.474. The topological polar surface area (TPSA) is 136 Å². The molecule has 1 aliphatic heterocycles. The highest BCUT2D eigenvalue weighted by Gasteiger charge is 2.31. The zero-order valence-electron chi connectivity index (χ0n) is 16.6. The third-order valence-corrected chi connectivity index (χ3v) is 5.86. The van der Waals surface area contributed by atoms with E-state index in [1.165, 1.54) is 4.31 Å². The molecular formula is C19H25N3O7S. The van der Waals surface area contributed by atoms with Crippen LogP contribution in [0.3, 0.4) is 0 Å². The van der Waals surface area contributed by atoms with Crippen molar-refractivity contribution in [2.45, 2.75) is 6.04 Å². The molecule has 1 fully saturated rings. The average Bonchev–Trinajstić information content (AvgIpc) is 2.71. The Morgan fingerprint density at radius 3 is 2.33 bits per heavy atom. The van der Waals surface area contributed by atoms with Crippen molar-refractivity contribution in [3.63, 3.8) is 0 Å². The molecule has 2 rings (SSSR count). The molecular weight excluding hydrogens is 414 g/mol. The molecule has 1 aliphatic rings. The van der Waals surface area contributed by atoms with E-state index in [1.807, 2.05) is 0 Å². The van der Waals surface area contributed by atoms with Gasteiger partial charge in [-0.15, -0.1) is 0 Å². The number of aliphatic hydroxyl groups excluding tert-OH is 1. The molecule has 0 radical (unpaired) electrons. The van der Waals surface area contributed by atoms with E-state index in [4.69, 9.17) is 9.84 Å². The molecule has 1 atom stereocenters. The predicted octanol–water partition coefficient (Wildman–Crippen LogP) is -1.18. The number of ether oxygens (including phenoxy) is 1. The van der Waals surface area contributed by atoms with Gasteiger partial charge in [0.15, 0.2) is 0 Å². The summed E-state index contributed by atoms with van der Waals surface area (Å²) in [5.41, 5.74) is 0.342. The molecule has 0 spiro atoms. The Balaban J connectivity index is 1.89. The number of sulfonamides is 1. The van der Waals surface area contributed by atoms with E-state index in [0.29, 0.717) is 11.3 Å². The third kappa shape index (κ3) is 7.00. The van der Waals surface area contributed by atoms with Crippen LogP contribution in [0.4, 0.5) is 0 Å². The number of carbonyl (C=O) groups is 2. The summed E-state index contributed by atoms with van der Waals surface area (Å²) in [4.78, 5) is 25.6. The monoisotopic (exact) mass is 439 g/mol. The SMILES string of the molecule is CS(=O)(=O)N1CCN([C@@H](CNC(=O)c2ccc(OCC#CCO)cc2)C(=O)O)CC1. The number of hydrogen-bond donors (Lipinski definition) is 3. The van der Waals surface area contributed by atoms with Gasteiger partial charge in [-0.2, -0.15) is 4.31 Å². The van der Waals surface area contributed by atoms with Crippen molar-refractivity contribution >= 4 is 21.9 Å². The number of aliphatic carboxylic acids is 1. The van der Waals surface area contributed by atoms with Gasteiger partial charge in [-0.25, -0.2) is 8.42 Å². The van der Waals surface area contributed by atoms with Crippen LogP contribution in [0.1, 0.15) is 10.4 Å². The van der Waals surface area contributed by atoms with Gasteiger partial charge in [0.1, 0.15) is 25.0 Å². The summed E-state index contributed by atoms with van der Waals surface area (Å²) in [7, 11) is -3.31. The first-order valence-corrected chi connectivity index (χ1v) is 11.1. The second kappa shape index (κ2) is 10.9. The van der Waals surface area contributed by atoms with Crippen LogP contribution in [-0.2, 0) is 14.8 Å². The average molecular weight is 439 g/mol. The number of carboxylic acid groups (broad SMARTS) is 1. The van der Waals surface area contributed by atoms with Gasteiger partial charge in [0.25, 0.3) is 5.91 Å². The maximum Gasteiger partial charge on any atom is 0.322 e. The largest absolute Gasteiger partial charge is 0.481 e. The van der Waals surface area contributed by atoms with Crippen LogP contribution in [0.25, 0.3) is 0 Å². The van der Waals surface area contributed by atoms with Crippen LogP contribution in [0.5, 0.6) is 5.75 Å². The quantitative estimate of drug-likeness (QED) is 0.431. The first-order chi connectivity index (χ1) is 14.2. The Hall–Kier alpha value is -2.65. The number of amides is 1. The van der Waals surface area contributed by atoms with Gasteiger partial charge in [-0.05, 0) is 24.3 Å². The van der Waals surface area contributed by atoms with Gasteiger partial charge in [-0.3, -0.25) is 14.5 Å². The number of rotatable bonds is 8. The number of nitrogens with zero attached hydrogens (tertiary/aromatic N) is 2. The Bertz CT molecular complexity index is 898. The fourth-order valence-corrected chi connectivity index (χ4v) is 3.77. The molecule has 1 aromatic rings. The summed E-state index contributed by atoms with van der Waals surface area (Å²) in [6.07, 6.45) is 1.12. The van der Waals surface area contributed by atoms with Gasteiger partial charge < -0.3 is 20.3 Å². The second-order valence-electron chi connectivity index (χ2n) is 6.59. The third-order valence-electron chi connectivity index (χ3n) is 4.56. The van der Waals surface area contributed by atoms with Crippen molar-refractivity contribution in [3.8, 4) is 17.6 Å². The lowest BCUT2D eigenvalue weighted by Gasteiger charge is -2.36. The maximum atomic E-state index is 12.3. The van der Waals surface area contributed by atoms with Crippen LogP contribution < -0.4 is 10.1 Å². The molecule has 0 aromatic heterocycles. The van der Waals surface area contributed by atoms with Gasteiger partial charge in [0.05, 0.1) is 6.26 Å². The zero-order valence-corrected chi connectivity index (χ0v) is 17.4. The number of piperazine rings is 1. The molecule has 0 bridgehead atoms. The summed E-state index contributed by atoms with van der Waals surface area (Å²) in [6.45, 7) is 0.714. The molecule has 3 N–H and O–H groups in total. The van der Waals surface area contributed by atoms with Gasteiger partial charge in [-0.1, -0.05) is 11.8 Å². The van der Waals surface area contributed by atoms with Crippen molar-refractivity contribution in [3.05, 3.63) is 29.8 Å². The smallest absolute Gasteiger partial charge is 0.322 e. The number of aliphatic hydroxyl groups is 1. The first-order valence-electron chi connectivity index (χ1n) is 9.22. The van der Waals surface area contributed by atoms with Crippen LogP contribution in [0.15, 0.2) is 24.3 Å². The Morgan fingerprint density at radius 2 is 1.80 bits per heavy atom. The summed E-state index contributed by atoms with van der Waals surface area (Å²) >= 11 is 0. The van der Waals surface area contributed by atoms with Crippen LogP contribution in [-0.4, -0.2) is 97.9 Å². The Kier molecular flexibility index (Phi) is 8.61. The number of hydrogen-bond acceptors (Lipinski definition) is 7. The number of nitrogens with one attached hydrogen (secondary N) is 1. The van der Waals surface area contributed by atoms with E-state index in [2.05, 4.69) is 17.2 Å². The van der Waals surface area contributed by atoms with Crippen molar-refractivity contribution in [2.75, 3.05) is 52.2 Å². The highest BCUT2D eigenvalue weighted by Crippen LogP contribution is 2.13. The molecule has 0 unspecified atom stereocenters. The van der Waals surface area contributed by atoms with Crippen LogP contribution in [0, 0.1) is 11.8 Å². The Morgan fingerprint density at radius 1 is 1.17 bits per heavy atom. The number of carboxylic acids is 1. The predicted molar refractivity (Wildman–Crippen MR) is 109 cm³/mol. The summed E-state index contributed by atoms with van der Waals surface area (Å²) in [5, 5.41) is 20.7. The molecule has 0 aliphatic carbocycles. The highest BCUT2D eigenvalue weighted by atomic mass is 32.2. The lowest BCUT2D eigenvalue weighted by Crippen LogP contribution is -2.56. The van der Waals surface area contributed by atoms with E-state index in [0.717, 1.165) is 6.26 Å². The molecule has 11 heteroatoms. The minimum atomic E-state index is -3.31. The first kappa shape index (κ1) is 23.6. The fourth-order valence-electron chi connectivity index (χ4n) is 2.94. The van der Waals surface area contributed by atoms with E-state index < -0.39 is 27.9 Å². The zero-order chi connectivity index (χ0) is 22.1. The van der Waals surface area contributed by atoms with E-state index in [9.17, 15) is 23.1 Å². The second-order valence-corrected chi connectivity index (χ2v) is 8.57. The molecule has 1 saturated heterocycles. The molecule has 10 nitrogen and oxygen atoms in total. The molecule has 164 valence electrons. The molecule has 1 heterocycles. The highest BCUT2D eigenvalue weighted by molar-refractivity contribution is 7.88. The van der Waals surface area contributed by atoms with Crippen LogP contribution >= 0.6 is 0 Å². The minimum Gasteiger partial charge on any atom is -0.481 e. The summed E-state index contributed by atoms with van der Waals surface area (Å²) < 4.78 is 29.8. The number of benzene rings is 1. The van der Waals surface area contributed by atoms with Gasteiger partial charge in [0, 0.05) is 38.3 Å². The normalized spacial score (nSPS) is 16.2. The number of carbonyl (C=O) groups excluding carboxylic acids is 1. The summed E-state index contributed by atoms with van der Waals surface area (Å²) in [5.74, 6) is 4.05. The van der Waals surface area contributed by atoms with Crippen molar-refractivity contribution in [2.24, 2.45) is 0 Å². The standard InChI is InChI=1S/C19H25N3O7S/c1-30(27,28)22-10-8-21(9-11-22)17(19(25)26)14-20-18(24)15-4-6-16(7-5-15)29-13-3-2-12-23/h4-7,17,23H,8-14H2,1H3,(H,20,24)(H,25,26)/t17-/m0/s1.